The predicted octanol–water partition coefficient (Wildman–Crippen LogP) is 7.82. The number of aromatic hydroxyl groups is 5. The summed E-state index contributed by atoms with van der Waals surface area (Å²) in [6, 6.07) is 18.4. The summed E-state index contributed by atoms with van der Waals surface area (Å²) in [4.78, 5) is 0. The van der Waals surface area contributed by atoms with Crippen LogP contribution in [0.1, 0.15) is 92.0 Å². The van der Waals surface area contributed by atoms with E-state index < -0.39 is 0 Å². The number of hydrogen-bond acceptors (Lipinski definition) is 8. The fourth-order valence-corrected chi connectivity index (χ4v) is 10.3. The molecule has 2 aliphatic carbocycles. The van der Waals surface area contributed by atoms with Gasteiger partial charge in [0.2, 0.25) is 0 Å². The summed E-state index contributed by atoms with van der Waals surface area (Å²) in [6.45, 7) is 0.776. The van der Waals surface area contributed by atoms with Crippen molar-refractivity contribution < 1.29 is 35.4 Å². The molecule has 6 atom stereocenters. The third-order valence-corrected chi connectivity index (χ3v) is 12.8. The molecule has 8 heteroatoms. The largest absolute Gasteiger partial charge is 0.507 e. The minimum Gasteiger partial charge on any atom is -0.507 e. The van der Waals surface area contributed by atoms with Gasteiger partial charge in [0.15, 0.2) is 23.0 Å². The van der Waals surface area contributed by atoms with Crippen molar-refractivity contribution in [3.8, 4) is 28.7 Å². The molecule has 0 aromatic heterocycles. The van der Waals surface area contributed by atoms with Crippen LogP contribution in [0.25, 0.3) is 22.9 Å². The second kappa shape index (κ2) is 13.4. The molecule has 8 nitrogen and oxygen atoms in total. The maximum Gasteiger partial charge on any atom is 0.169 e. The second-order valence-electron chi connectivity index (χ2n) is 15.7. The predicted molar refractivity (Wildman–Crippen MR) is 198 cm³/mol. The fourth-order valence-electron chi connectivity index (χ4n) is 10.3. The van der Waals surface area contributed by atoms with E-state index in [0.29, 0.717) is 53.0 Å². The highest BCUT2D eigenvalue weighted by Gasteiger charge is 2.64. The van der Waals surface area contributed by atoms with Crippen molar-refractivity contribution in [1.29, 1.82) is 0 Å². The van der Waals surface area contributed by atoms with Gasteiger partial charge in [-0.2, -0.15) is 0 Å². The third-order valence-electron chi connectivity index (χ3n) is 12.8. The highest BCUT2D eigenvalue weighted by Crippen LogP contribution is 2.64. The molecule has 4 aromatic rings. The first-order valence-electron chi connectivity index (χ1n) is 18.7. The van der Waals surface area contributed by atoms with Crippen molar-refractivity contribution in [2.75, 3.05) is 0 Å². The lowest BCUT2D eigenvalue weighted by Crippen LogP contribution is -2.66. The van der Waals surface area contributed by atoms with E-state index in [9.17, 15) is 30.6 Å². The Balaban J connectivity index is 0.977. The van der Waals surface area contributed by atoms with Gasteiger partial charge in [-0.3, -0.25) is 0 Å². The van der Waals surface area contributed by atoms with Crippen LogP contribution in [0.2, 0.25) is 0 Å². The Hall–Kier alpha value is -4.24. The second-order valence-corrected chi connectivity index (χ2v) is 15.7. The lowest BCUT2D eigenvalue weighted by atomic mass is 9.52. The van der Waals surface area contributed by atoms with Crippen LogP contribution in [-0.2, 0) is 24.1 Å². The molecule has 0 amide bonds. The molecular formula is C43H49NO7. The first-order valence-corrected chi connectivity index (χ1v) is 18.7. The van der Waals surface area contributed by atoms with Crippen LogP contribution in [0.3, 0.4) is 0 Å². The zero-order valence-electron chi connectivity index (χ0n) is 29.0. The van der Waals surface area contributed by atoms with Gasteiger partial charge in [0, 0.05) is 23.6 Å². The summed E-state index contributed by atoms with van der Waals surface area (Å²) in [7, 11) is 0. The number of fused-ring (bicyclic) bond motifs is 2. The number of phenolic OH excluding ortho intramolecular Hbond substituents is 5. The number of hydrogen-bond donors (Lipinski definition) is 7. The average molecular weight is 692 g/mol. The molecule has 268 valence electrons. The van der Waals surface area contributed by atoms with Gasteiger partial charge in [0.05, 0.1) is 23.2 Å². The van der Waals surface area contributed by atoms with Crippen molar-refractivity contribution in [3.63, 3.8) is 0 Å². The Labute approximate surface area is 299 Å². The molecule has 4 aliphatic rings. The molecule has 4 fully saturated rings. The molecule has 2 heterocycles. The van der Waals surface area contributed by atoms with E-state index in [4.69, 9.17) is 4.74 Å². The molecule has 51 heavy (non-hydrogen) atoms. The molecule has 7 N–H and O–H groups in total. The number of nitrogens with one attached hydrogen (secondary N) is 1. The van der Waals surface area contributed by atoms with Crippen LogP contribution in [0.15, 0.2) is 60.7 Å². The summed E-state index contributed by atoms with van der Waals surface area (Å²) >= 11 is 0. The Bertz CT molecular complexity index is 1950. The van der Waals surface area contributed by atoms with Gasteiger partial charge in [-0.25, -0.2) is 0 Å². The Morgan fingerprint density at radius 2 is 1.59 bits per heavy atom. The van der Waals surface area contributed by atoms with Gasteiger partial charge in [-0.1, -0.05) is 61.0 Å². The number of ether oxygens (including phenoxy) is 1. The molecule has 2 aliphatic heterocycles. The number of aliphatic hydroxyl groups is 1. The monoisotopic (exact) mass is 691 g/mol. The summed E-state index contributed by atoms with van der Waals surface area (Å²) in [5.74, 6) is -0.610. The SMILES string of the molecule is Oc1ccc(/C=C/c2c(CCc3ccc(CN[C@H]4C[C@H]5CC[C@H]6CCC[C@]7(CC[C@H](O)C7)[C@]6(C4)O5)cc3)c(O)c(O)c3c(O)cccc23)cc1O. The van der Waals surface area contributed by atoms with Gasteiger partial charge in [-0.15, -0.1) is 0 Å². The Kier molecular flexibility index (Phi) is 8.89. The maximum atomic E-state index is 11.2. The van der Waals surface area contributed by atoms with E-state index in [1.807, 2.05) is 0 Å². The number of benzene rings is 4. The zero-order chi connectivity index (χ0) is 35.3. The van der Waals surface area contributed by atoms with Gasteiger partial charge in [0.1, 0.15) is 5.75 Å². The van der Waals surface area contributed by atoms with Gasteiger partial charge >= 0.3 is 0 Å². The van der Waals surface area contributed by atoms with Crippen LogP contribution < -0.4 is 5.32 Å². The van der Waals surface area contributed by atoms with Gasteiger partial charge in [-0.05, 0) is 122 Å². The van der Waals surface area contributed by atoms with Crippen molar-refractivity contribution in [3.05, 3.63) is 88.5 Å². The molecule has 2 saturated carbocycles. The lowest BCUT2D eigenvalue weighted by molar-refractivity contribution is -0.270. The molecule has 0 radical (unpaired) electrons. The number of phenols is 5. The van der Waals surface area contributed by atoms with Crippen molar-refractivity contribution in [2.24, 2.45) is 11.3 Å². The van der Waals surface area contributed by atoms with Crippen LogP contribution in [0.4, 0.5) is 0 Å². The van der Waals surface area contributed by atoms with E-state index in [0.717, 1.165) is 50.6 Å². The minimum atomic E-state index is -0.356. The van der Waals surface area contributed by atoms with E-state index >= 15 is 0 Å². The normalized spacial score (nSPS) is 28.8. The fraction of sp³-hybridized carbons (Fsp3) is 0.442. The lowest BCUT2D eigenvalue weighted by Gasteiger charge is -2.63. The number of aliphatic hydroxyl groups excluding tert-OH is 1. The molecular weight excluding hydrogens is 642 g/mol. The van der Waals surface area contributed by atoms with E-state index in [-0.39, 0.29) is 51.3 Å². The molecule has 8 rings (SSSR count). The summed E-state index contributed by atoms with van der Waals surface area (Å²) in [6.07, 6.45) is 15.8. The van der Waals surface area contributed by atoms with Crippen LogP contribution in [-0.4, -0.2) is 54.5 Å². The van der Waals surface area contributed by atoms with Gasteiger partial charge in [0.25, 0.3) is 0 Å². The maximum absolute atomic E-state index is 11.2. The van der Waals surface area contributed by atoms with E-state index in [2.05, 4.69) is 29.6 Å². The van der Waals surface area contributed by atoms with Gasteiger partial charge < -0.3 is 40.7 Å². The highest BCUT2D eigenvalue weighted by atomic mass is 16.5. The van der Waals surface area contributed by atoms with E-state index in [1.165, 1.54) is 49.4 Å². The highest BCUT2D eigenvalue weighted by molar-refractivity contribution is 6.03. The standard InChI is InChI=1S/C43H49NO7/c45-31-18-20-42(24-31)19-2-3-29-13-14-32-22-30(23-43(29,42)51-32)44-25-28-8-6-26(7-9-28)10-16-35-33(15-11-27-12-17-36(46)38(48)21-27)34-4-1-5-37(47)39(34)41(50)40(35)49/h1,4-9,11-12,15,17,21,29-32,44-50H,2-3,10,13-14,16,18-20,22-25H2/b15-11+/t29-,30+,31+,32-,42-,43-/m1/s1. The number of rotatable bonds is 8. The Morgan fingerprint density at radius 1 is 0.765 bits per heavy atom. The van der Waals surface area contributed by atoms with Crippen molar-refractivity contribution >= 4 is 22.9 Å². The third kappa shape index (κ3) is 6.11. The van der Waals surface area contributed by atoms with Crippen LogP contribution in [0, 0.1) is 11.3 Å². The van der Waals surface area contributed by atoms with Crippen LogP contribution in [0.5, 0.6) is 28.7 Å². The molecule has 2 bridgehead atoms. The van der Waals surface area contributed by atoms with Crippen molar-refractivity contribution in [1.82, 2.24) is 5.32 Å². The summed E-state index contributed by atoms with van der Waals surface area (Å²) in [5.41, 5.74) is 4.16. The smallest absolute Gasteiger partial charge is 0.169 e. The van der Waals surface area contributed by atoms with Crippen molar-refractivity contribution in [2.45, 2.75) is 107 Å². The topological polar surface area (TPSA) is 143 Å². The molecule has 0 unspecified atom stereocenters. The minimum absolute atomic E-state index is 0.104. The quantitative estimate of drug-likeness (QED) is 0.0733. The molecule has 4 aromatic carbocycles. The molecule has 2 saturated heterocycles. The van der Waals surface area contributed by atoms with E-state index in [1.54, 1.807) is 30.4 Å². The Morgan fingerprint density at radius 3 is 2.37 bits per heavy atom. The summed E-state index contributed by atoms with van der Waals surface area (Å²) < 4.78 is 7.04. The first-order chi connectivity index (χ1) is 24.6. The molecule has 2 spiro atoms. The zero-order valence-corrected chi connectivity index (χ0v) is 29.0. The average Bonchev–Trinajstić information content (AvgIpc) is 3.51. The first kappa shape index (κ1) is 33.9. The number of aryl methyl sites for hydroxylation is 1. The summed E-state index contributed by atoms with van der Waals surface area (Å²) in [5, 5.41) is 67.8. The van der Waals surface area contributed by atoms with Crippen LogP contribution >= 0.6 is 0 Å².